The molecule has 0 atom stereocenters. The van der Waals surface area contributed by atoms with E-state index in [2.05, 4.69) is 27.8 Å². The van der Waals surface area contributed by atoms with Gasteiger partial charge in [0.25, 0.3) is 5.91 Å². The molecule has 0 unspecified atom stereocenters. The molecule has 2 aromatic rings. The molecule has 0 fully saturated rings. The van der Waals surface area contributed by atoms with Crippen LogP contribution in [-0.4, -0.2) is 28.0 Å². The van der Waals surface area contributed by atoms with Crippen LogP contribution in [0, 0.1) is 11.2 Å². The van der Waals surface area contributed by atoms with Gasteiger partial charge in [0.1, 0.15) is 17.3 Å². The van der Waals surface area contributed by atoms with Crippen molar-refractivity contribution in [2.24, 2.45) is 10.4 Å². The Labute approximate surface area is 154 Å². The minimum absolute atomic E-state index is 0.0321. The number of nitrogens with zero attached hydrogens (tertiary/aromatic N) is 4. The Balaban J connectivity index is 1.70. The Kier molecular flexibility index (Phi) is 3.31. The predicted molar refractivity (Wildman–Crippen MR) is 95.4 cm³/mol. The van der Waals surface area contributed by atoms with Gasteiger partial charge in [-0.1, -0.05) is 13.8 Å². The van der Waals surface area contributed by atoms with Gasteiger partial charge in [-0.25, -0.2) is 9.38 Å². The molecule has 1 aromatic carbocycles. The average Bonchev–Trinajstić information content (AvgIpc) is 3.09. The first kappa shape index (κ1) is 16.0. The number of aromatic nitrogens is 2. The minimum Gasteiger partial charge on any atom is -0.481 e. The lowest BCUT2D eigenvalue weighted by Gasteiger charge is -2.35. The molecule has 0 saturated carbocycles. The Hall–Kier alpha value is -2.22. The number of carbonyl (C=O) groups excluding carboxylic acids is 1. The van der Waals surface area contributed by atoms with Gasteiger partial charge >= 0.3 is 0 Å². The van der Waals surface area contributed by atoms with Crippen molar-refractivity contribution >= 4 is 28.8 Å². The summed E-state index contributed by atoms with van der Waals surface area (Å²) in [6, 6.07) is 1.36. The molecule has 6 nitrogen and oxygen atoms in total. The van der Waals surface area contributed by atoms with Crippen LogP contribution in [0.1, 0.15) is 31.7 Å². The Morgan fingerprint density at radius 2 is 2.27 bits per heavy atom. The van der Waals surface area contributed by atoms with Crippen LogP contribution in [0.25, 0.3) is 0 Å². The van der Waals surface area contributed by atoms with Gasteiger partial charge in [0.2, 0.25) is 4.80 Å². The number of carbonyl (C=O) groups is 1. The number of hydrogen-bond acceptors (Lipinski definition) is 5. The zero-order valence-corrected chi connectivity index (χ0v) is 15.5. The van der Waals surface area contributed by atoms with Crippen LogP contribution in [-0.2, 0) is 24.2 Å². The van der Waals surface area contributed by atoms with Crippen LogP contribution in [0.4, 0.5) is 15.8 Å². The molecule has 0 N–H and O–H groups in total. The molecule has 1 aromatic heterocycles. The highest BCUT2D eigenvalue weighted by Crippen LogP contribution is 2.45. The molecule has 0 spiro atoms. The van der Waals surface area contributed by atoms with E-state index in [1.54, 1.807) is 4.90 Å². The van der Waals surface area contributed by atoms with Gasteiger partial charge in [-0.3, -0.25) is 4.79 Å². The second-order valence-corrected chi connectivity index (χ2v) is 8.62. The molecule has 0 bridgehead atoms. The van der Waals surface area contributed by atoms with Gasteiger partial charge in [0, 0.05) is 42.7 Å². The lowest BCUT2D eigenvalue weighted by atomic mass is 9.92. The van der Waals surface area contributed by atoms with Gasteiger partial charge in [-0.2, -0.15) is 4.37 Å². The summed E-state index contributed by atoms with van der Waals surface area (Å²) in [4.78, 5) is 19.3. The fourth-order valence-corrected chi connectivity index (χ4v) is 4.84. The summed E-state index contributed by atoms with van der Waals surface area (Å²) in [5, 5.41) is 0. The van der Waals surface area contributed by atoms with Gasteiger partial charge < -0.3 is 14.2 Å². The van der Waals surface area contributed by atoms with E-state index in [-0.39, 0.29) is 17.9 Å². The summed E-state index contributed by atoms with van der Waals surface area (Å²) < 4.78 is 26.9. The molecule has 136 valence electrons. The average molecular weight is 374 g/mol. The summed E-state index contributed by atoms with van der Waals surface area (Å²) in [6.07, 6.45) is 2.38. The third-order valence-electron chi connectivity index (χ3n) is 5.23. The second kappa shape index (κ2) is 5.39. The van der Waals surface area contributed by atoms with E-state index in [1.165, 1.54) is 17.6 Å². The highest BCUT2D eigenvalue weighted by atomic mass is 32.1. The number of rotatable bonds is 1. The standard InChI is InChI=1S/C18H19FN4O2S/c1-18(2)7-13-21-26-17(23(13)9-18)20-15-10-4-3-5-22-14(24)8-25-12(16(10)22)6-11(15)19/h6H,3-5,7-9H2,1-2H3. The van der Waals surface area contributed by atoms with Crippen molar-refractivity contribution in [3.8, 4) is 5.75 Å². The number of halogens is 1. The molecule has 3 aliphatic rings. The molecule has 0 radical (unpaired) electrons. The monoisotopic (exact) mass is 374 g/mol. The van der Waals surface area contributed by atoms with Crippen LogP contribution < -0.4 is 14.4 Å². The summed E-state index contributed by atoms with van der Waals surface area (Å²) in [5.41, 5.74) is 1.91. The van der Waals surface area contributed by atoms with Crippen molar-refractivity contribution in [3.63, 3.8) is 0 Å². The van der Waals surface area contributed by atoms with Crippen LogP contribution in [0.2, 0.25) is 0 Å². The molecule has 5 rings (SSSR count). The lowest BCUT2D eigenvalue weighted by Crippen LogP contribution is -2.42. The topological polar surface area (TPSA) is 59.7 Å². The minimum atomic E-state index is -0.407. The lowest BCUT2D eigenvalue weighted by molar-refractivity contribution is -0.121. The molecular weight excluding hydrogens is 355 g/mol. The maximum absolute atomic E-state index is 14.9. The Morgan fingerprint density at radius 3 is 3.12 bits per heavy atom. The molecular formula is C18H19FN4O2S. The van der Waals surface area contributed by atoms with E-state index in [4.69, 9.17) is 4.74 Å². The smallest absolute Gasteiger partial charge is 0.265 e. The van der Waals surface area contributed by atoms with Gasteiger partial charge in [-0.15, -0.1) is 0 Å². The van der Waals surface area contributed by atoms with Crippen molar-refractivity contribution in [2.75, 3.05) is 18.1 Å². The maximum Gasteiger partial charge on any atom is 0.265 e. The Bertz CT molecular complexity index is 1010. The summed E-state index contributed by atoms with van der Waals surface area (Å²) in [7, 11) is 0. The highest BCUT2D eigenvalue weighted by Gasteiger charge is 2.34. The Morgan fingerprint density at radius 1 is 1.42 bits per heavy atom. The van der Waals surface area contributed by atoms with Crippen molar-refractivity contribution in [3.05, 3.63) is 28.1 Å². The van der Waals surface area contributed by atoms with Crippen LogP contribution in [0.3, 0.4) is 0 Å². The van der Waals surface area contributed by atoms with Gasteiger partial charge in [0.05, 0.1) is 5.69 Å². The first-order chi connectivity index (χ1) is 12.4. The fourth-order valence-electron chi connectivity index (χ4n) is 4.09. The van der Waals surface area contributed by atoms with Crippen LogP contribution >= 0.6 is 11.5 Å². The van der Waals surface area contributed by atoms with E-state index in [0.29, 0.717) is 34.9 Å². The summed E-state index contributed by atoms with van der Waals surface area (Å²) in [5.74, 6) is 0.964. The van der Waals surface area contributed by atoms with Crippen molar-refractivity contribution in [1.29, 1.82) is 0 Å². The van der Waals surface area contributed by atoms with E-state index in [1.807, 2.05) is 0 Å². The van der Waals surface area contributed by atoms with E-state index in [9.17, 15) is 9.18 Å². The third-order valence-corrected chi connectivity index (χ3v) is 6.00. The second-order valence-electron chi connectivity index (χ2n) is 7.89. The number of benzene rings is 1. The SMILES string of the molecule is CC1(C)Cc2nsc(=Nc3c(F)cc4c5c3CCCN5C(=O)CO4)n2C1. The number of anilines is 1. The largest absolute Gasteiger partial charge is 0.481 e. The molecule has 1 amide bonds. The number of amides is 1. The van der Waals surface area contributed by atoms with Crippen LogP contribution in [0.5, 0.6) is 5.75 Å². The van der Waals surface area contributed by atoms with Gasteiger partial charge in [0.15, 0.2) is 12.4 Å². The van der Waals surface area contributed by atoms with Crippen molar-refractivity contribution in [1.82, 2.24) is 8.94 Å². The molecule has 4 heterocycles. The molecule has 0 aliphatic carbocycles. The maximum atomic E-state index is 14.9. The summed E-state index contributed by atoms with van der Waals surface area (Å²) >= 11 is 1.30. The number of hydrogen-bond donors (Lipinski definition) is 0. The molecule has 0 saturated heterocycles. The quantitative estimate of drug-likeness (QED) is 0.771. The first-order valence-electron chi connectivity index (χ1n) is 8.82. The number of fused-ring (bicyclic) bond motifs is 1. The summed E-state index contributed by atoms with van der Waals surface area (Å²) in [6.45, 7) is 5.83. The highest BCUT2D eigenvalue weighted by molar-refractivity contribution is 7.02. The van der Waals surface area contributed by atoms with Crippen molar-refractivity contribution in [2.45, 2.75) is 39.7 Å². The zero-order valence-electron chi connectivity index (χ0n) is 14.7. The van der Waals surface area contributed by atoms with E-state index < -0.39 is 5.82 Å². The van der Waals surface area contributed by atoms with E-state index in [0.717, 1.165) is 30.8 Å². The first-order valence-corrected chi connectivity index (χ1v) is 9.59. The molecule has 3 aliphatic heterocycles. The molecule has 8 heteroatoms. The normalized spacial score (nSPS) is 20.8. The molecule has 26 heavy (non-hydrogen) atoms. The zero-order chi connectivity index (χ0) is 18.1. The van der Waals surface area contributed by atoms with Gasteiger partial charge in [-0.05, 0) is 18.3 Å². The van der Waals surface area contributed by atoms with E-state index >= 15 is 0 Å². The third kappa shape index (κ3) is 2.31. The predicted octanol–water partition coefficient (Wildman–Crippen LogP) is 2.57. The van der Waals surface area contributed by atoms with Crippen LogP contribution in [0.15, 0.2) is 11.1 Å². The van der Waals surface area contributed by atoms with Crippen molar-refractivity contribution < 1.29 is 13.9 Å². The fraction of sp³-hybridized carbons (Fsp3) is 0.500. The number of ether oxygens (including phenoxy) is 1.